The van der Waals surface area contributed by atoms with Crippen molar-refractivity contribution in [3.8, 4) is 0 Å². The number of hydrogen-bond acceptors (Lipinski definition) is 4. The van der Waals surface area contributed by atoms with Crippen molar-refractivity contribution in [3.63, 3.8) is 0 Å². The van der Waals surface area contributed by atoms with Gasteiger partial charge in [-0.15, -0.1) is 10.2 Å². The van der Waals surface area contributed by atoms with Crippen LogP contribution < -0.4 is 10.6 Å². The molecule has 0 aliphatic heterocycles. The number of hydrogen-bond donors (Lipinski definition) is 2. The molecule has 0 aliphatic rings. The van der Waals surface area contributed by atoms with E-state index in [1.165, 1.54) is 11.1 Å². The monoisotopic (exact) mass is 312 g/mol. The molecule has 1 heterocycles. The van der Waals surface area contributed by atoms with E-state index in [0.717, 1.165) is 12.8 Å². The highest BCUT2D eigenvalue weighted by atomic mass is 16.1. The van der Waals surface area contributed by atoms with Gasteiger partial charge in [-0.3, -0.25) is 4.79 Å². The van der Waals surface area contributed by atoms with E-state index in [-0.39, 0.29) is 11.8 Å². The fourth-order valence-electron chi connectivity index (χ4n) is 2.28. The Balaban J connectivity index is 1.89. The number of amides is 1. The molecule has 0 spiro atoms. The lowest BCUT2D eigenvalue weighted by Gasteiger charge is -2.12. The van der Waals surface area contributed by atoms with Crippen molar-refractivity contribution >= 4 is 17.5 Å². The van der Waals surface area contributed by atoms with Crippen LogP contribution in [0.2, 0.25) is 0 Å². The van der Waals surface area contributed by atoms with E-state index in [1.54, 1.807) is 6.07 Å². The van der Waals surface area contributed by atoms with Crippen molar-refractivity contribution in [2.45, 2.75) is 40.2 Å². The van der Waals surface area contributed by atoms with Crippen LogP contribution in [0, 0.1) is 12.8 Å². The normalized spacial score (nSPS) is 10.6. The highest BCUT2D eigenvalue weighted by molar-refractivity contribution is 5.91. The van der Waals surface area contributed by atoms with Crippen molar-refractivity contribution in [3.05, 3.63) is 47.5 Å². The van der Waals surface area contributed by atoms with E-state index in [0.29, 0.717) is 18.2 Å². The maximum absolute atomic E-state index is 12.0. The van der Waals surface area contributed by atoms with E-state index < -0.39 is 0 Å². The zero-order chi connectivity index (χ0) is 16.7. The largest absolute Gasteiger partial charge is 0.365 e. The SMILES string of the molecule is CCC(CC)C(=O)Nc1ccc(NCc2ccc(C)cc2)nn1. The number of anilines is 2. The van der Waals surface area contributed by atoms with Crippen LogP contribution in [-0.4, -0.2) is 16.1 Å². The molecule has 0 fully saturated rings. The molecule has 5 heteroatoms. The van der Waals surface area contributed by atoms with Crippen LogP contribution in [0.15, 0.2) is 36.4 Å². The summed E-state index contributed by atoms with van der Waals surface area (Å²) in [5.74, 6) is 1.20. The molecule has 0 bridgehead atoms. The van der Waals surface area contributed by atoms with Gasteiger partial charge in [-0.25, -0.2) is 0 Å². The van der Waals surface area contributed by atoms with Crippen LogP contribution in [0.3, 0.4) is 0 Å². The van der Waals surface area contributed by atoms with Gasteiger partial charge in [-0.1, -0.05) is 43.7 Å². The lowest BCUT2D eigenvalue weighted by molar-refractivity contribution is -0.120. The molecule has 1 amide bonds. The predicted molar refractivity (Wildman–Crippen MR) is 93.2 cm³/mol. The summed E-state index contributed by atoms with van der Waals surface area (Å²) in [5.41, 5.74) is 2.43. The third kappa shape index (κ3) is 5.06. The molecule has 0 radical (unpaired) electrons. The van der Waals surface area contributed by atoms with E-state index in [1.807, 2.05) is 19.9 Å². The van der Waals surface area contributed by atoms with Crippen LogP contribution in [0.4, 0.5) is 11.6 Å². The molecule has 2 rings (SSSR count). The first-order chi connectivity index (χ1) is 11.1. The van der Waals surface area contributed by atoms with Crippen LogP contribution in [0.5, 0.6) is 0 Å². The number of nitrogens with zero attached hydrogens (tertiary/aromatic N) is 2. The van der Waals surface area contributed by atoms with Gasteiger partial charge in [0.15, 0.2) is 5.82 Å². The second kappa shape index (κ2) is 8.27. The number of benzene rings is 1. The number of carbonyl (C=O) groups excluding carboxylic acids is 1. The van der Waals surface area contributed by atoms with Gasteiger partial charge in [0.2, 0.25) is 5.91 Å². The number of carbonyl (C=O) groups is 1. The highest BCUT2D eigenvalue weighted by Crippen LogP contribution is 2.13. The first-order valence-corrected chi connectivity index (χ1v) is 8.06. The van der Waals surface area contributed by atoms with Gasteiger partial charge in [-0.2, -0.15) is 0 Å². The Morgan fingerprint density at radius 1 is 1.00 bits per heavy atom. The average Bonchev–Trinajstić information content (AvgIpc) is 2.57. The maximum atomic E-state index is 12.0. The molecular formula is C18H24N4O. The molecule has 0 unspecified atom stereocenters. The van der Waals surface area contributed by atoms with Gasteiger partial charge < -0.3 is 10.6 Å². The van der Waals surface area contributed by atoms with Crippen molar-refractivity contribution in [1.29, 1.82) is 0 Å². The Morgan fingerprint density at radius 3 is 2.17 bits per heavy atom. The van der Waals surface area contributed by atoms with Gasteiger partial charge >= 0.3 is 0 Å². The summed E-state index contributed by atoms with van der Waals surface area (Å²) in [6, 6.07) is 11.9. The molecule has 122 valence electrons. The fourth-order valence-corrected chi connectivity index (χ4v) is 2.28. The minimum Gasteiger partial charge on any atom is -0.365 e. The topological polar surface area (TPSA) is 66.9 Å². The summed E-state index contributed by atoms with van der Waals surface area (Å²) in [6.07, 6.45) is 1.65. The summed E-state index contributed by atoms with van der Waals surface area (Å²) >= 11 is 0. The molecule has 0 atom stereocenters. The smallest absolute Gasteiger partial charge is 0.228 e. The molecular weight excluding hydrogens is 288 g/mol. The average molecular weight is 312 g/mol. The summed E-state index contributed by atoms with van der Waals surface area (Å²) in [7, 11) is 0. The minimum absolute atomic E-state index is 0.00432. The molecule has 0 saturated carbocycles. The van der Waals surface area contributed by atoms with Crippen molar-refractivity contribution in [1.82, 2.24) is 10.2 Å². The molecule has 1 aromatic heterocycles. The third-order valence-corrected chi connectivity index (χ3v) is 3.87. The lowest BCUT2D eigenvalue weighted by Crippen LogP contribution is -2.22. The van der Waals surface area contributed by atoms with E-state index in [2.05, 4.69) is 52.0 Å². The first-order valence-electron chi connectivity index (χ1n) is 8.06. The van der Waals surface area contributed by atoms with Crippen LogP contribution in [0.25, 0.3) is 0 Å². The minimum atomic E-state index is 0.00432. The van der Waals surface area contributed by atoms with Gasteiger partial charge in [0.25, 0.3) is 0 Å². The quantitative estimate of drug-likeness (QED) is 0.816. The van der Waals surface area contributed by atoms with Crippen molar-refractivity contribution in [2.24, 2.45) is 5.92 Å². The zero-order valence-electron chi connectivity index (χ0n) is 14.0. The standard InChI is InChI=1S/C18H24N4O/c1-4-15(5-2)18(23)20-17-11-10-16(21-22-17)19-12-14-8-6-13(3)7-9-14/h6-11,15H,4-5,12H2,1-3H3,(H,19,21)(H,20,22,23). The Bertz CT molecular complexity index is 618. The lowest BCUT2D eigenvalue weighted by atomic mass is 10.0. The zero-order valence-corrected chi connectivity index (χ0v) is 14.0. The van der Waals surface area contributed by atoms with Gasteiger partial charge in [-0.05, 0) is 37.5 Å². The molecule has 23 heavy (non-hydrogen) atoms. The first kappa shape index (κ1) is 16.9. The Kier molecular flexibility index (Phi) is 6.09. The number of aryl methyl sites for hydroxylation is 1. The number of aromatic nitrogens is 2. The molecule has 1 aromatic carbocycles. The second-order valence-corrected chi connectivity index (χ2v) is 5.65. The van der Waals surface area contributed by atoms with E-state index >= 15 is 0 Å². The summed E-state index contributed by atoms with van der Waals surface area (Å²) in [4.78, 5) is 12.0. The van der Waals surface area contributed by atoms with Crippen molar-refractivity contribution < 1.29 is 4.79 Å². The number of nitrogens with one attached hydrogen (secondary N) is 2. The molecule has 0 aliphatic carbocycles. The summed E-state index contributed by atoms with van der Waals surface area (Å²) < 4.78 is 0. The maximum Gasteiger partial charge on any atom is 0.228 e. The Morgan fingerprint density at radius 2 is 1.61 bits per heavy atom. The van der Waals surface area contributed by atoms with E-state index in [9.17, 15) is 4.79 Å². The van der Waals surface area contributed by atoms with Gasteiger partial charge in [0.05, 0.1) is 0 Å². The molecule has 2 aromatic rings. The Hall–Kier alpha value is -2.43. The Labute approximate surface area is 137 Å². The number of rotatable bonds is 7. The highest BCUT2D eigenvalue weighted by Gasteiger charge is 2.14. The predicted octanol–water partition coefficient (Wildman–Crippen LogP) is 3.77. The summed E-state index contributed by atoms with van der Waals surface area (Å²) in [5, 5.41) is 14.2. The second-order valence-electron chi connectivity index (χ2n) is 5.65. The summed E-state index contributed by atoms with van der Waals surface area (Å²) in [6.45, 7) is 6.78. The van der Waals surface area contributed by atoms with Crippen molar-refractivity contribution in [2.75, 3.05) is 10.6 Å². The van der Waals surface area contributed by atoms with Gasteiger partial charge in [0.1, 0.15) is 5.82 Å². The molecule has 5 nitrogen and oxygen atoms in total. The van der Waals surface area contributed by atoms with Crippen LogP contribution >= 0.6 is 0 Å². The fraction of sp³-hybridized carbons (Fsp3) is 0.389. The van der Waals surface area contributed by atoms with E-state index in [4.69, 9.17) is 0 Å². The molecule has 2 N–H and O–H groups in total. The third-order valence-electron chi connectivity index (χ3n) is 3.87. The molecule has 0 saturated heterocycles. The van der Waals surface area contributed by atoms with Gasteiger partial charge in [0, 0.05) is 12.5 Å². The van der Waals surface area contributed by atoms with Crippen LogP contribution in [0.1, 0.15) is 37.8 Å². The van der Waals surface area contributed by atoms with Crippen LogP contribution in [-0.2, 0) is 11.3 Å².